The van der Waals surface area contributed by atoms with Crippen LogP contribution in [0.2, 0.25) is 5.15 Å². The van der Waals surface area contributed by atoms with Crippen molar-refractivity contribution < 1.29 is 4.92 Å². The molecule has 0 saturated carbocycles. The van der Waals surface area contributed by atoms with Gasteiger partial charge in [-0.2, -0.15) is 9.38 Å². The molecule has 7 heteroatoms. The van der Waals surface area contributed by atoms with Crippen LogP contribution in [-0.2, 0) is 0 Å². The summed E-state index contributed by atoms with van der Waals surface area (Å²) >= 11 is 6.84. The molecule has 0 aromatic carbocycles. The Morgan fingerprint density at radius 1 is 1.75 bits per heavy atom. The van der Waals surface area contributed by atoms with Crippen LogP contribution in [-0.4, -0.2) is 14.3 Å². The number of aromatic nitrogens is 2. The van der Waals surface area contributed by atoms with Gasteiger partial charge < -0.3 is 10.1 Å². The molecule has 0 N–H and O–H groups in total. The molecule has 12 heavy (non-hydrogen) atoms. The number of hydrogen-bond acceptors (Lipinski definition) is 4. The van der Waals surface area contributed by atoms with E-state index >= 15 is 0 Å². The van der Waals surface area contributed by atoms with Crippen molar-refractivity contribution >= 4 is 33.7 Å². The van der Waals surface area contributed by atoms with E-state index in [4.69, 9.17) is 11.6 Å². The molecule has 0 radical (unpaired) electrons. The van der Waals surface area contributed by atoms with Crippen LogP contribution in [0.25, 0.3) is 4.96 Å². The fourth-order valence-corrected chi connectivity index (χ4v) is 1.91. The summed E-state index contributed by atoms with van der Waals surface area (Å²) in [4.78, 5) is 14.2. The van der Waals surface area contributed by atoms with Gasteiger partial charge in [-0.3, -0.25) is 0 Å². The van der Waals surface area contributed by atoms with Crippen LogP contribution in [0.4, 0.5) is 5.82 Å². The van der Waals surface area contributed by atoms with Crippen molar-refractivity contribution in [2.75, 3.05) is 0 Å². The molecule has 2 aromatic heterocycles. The van der Waals surface area contributed by atoms with E-state index in [0.717, 1.165) is 0 Å². The molecule has 0 fully saturated rings. The second-order valence-electron chi connectivity index (χ2n) is 2.04. The number of nitrogens with zero attached hydrogens (tertiary/aromatic N) is 3. The third kappa shape index (κ3) is 0.886. The van der Waals surface area contributed by atoms with E-state index in [1.807, 2.05) is 0 Å². The van der Waals surface area contributed by atoms with Gasteiger partial charge in [0.25, 0.3) is 4.96 Å². The zero-order chi connectivity index (χ0) is 8.72. The standard InChI is InChI=1S/C5H2ClN3O2S/c6-3-4(9(10)11)8-1-2-12-5(8)7-3/h1-2H. The predicted molar refractivity (Wildman–Crippen MR) is 44.7 cm³/mol. The highest BCUT2D eigenvalue weighted by Gasteiger charge is 2.21. The Kier molecular flexibility index (Phi) is 1.52. The minimum absolute atomic E-state index is 0.0631. The van der Waals surface area contributed by atoms with Crippen LogP contribution >= 0.6 is 22.9 Å². The van der Waals surface area contributed by atoms with E-state index in [1.54, 1.807) is 11.6 Å². The molecule has 0 saturated heterocycles. The lowest BCUT2D eigenvalue weighted by Gasteiger charge is -1.89. The molecule has 5 nitrogen and oxygen atoms in total. The SMILES string of the molecule is O=[N+]([O-])c1c(Cl)nc2sccn12. The minimum atomic E-state index is -0.547. The molecule has 0 atom stereocenters. The number of rotatable bonds is 1. The van der Waals surface area contributed by atoms with E-state index in [9.17, 15) is 10.1 Å². The van der Waals surface area contributed by atoms with Crippen molar-refractivity contribution in [3.63, 3.8) is 0 Å². The number of halogens is 1. The van der Waals surface area contributed by atoms with Gasteiger partial charge in [0.15, 0.2) is 0 Å². The highest BCUT2D eigenvalue weighted by atomic mass is 35.5. The van der Waals surface area contributed by atoms with E-state index < -0.39 is 4.92 Å². The number of fused-ring (bicyclic) bond motifs is 1. The van der Waals surface area contributed by atoms with Crippen LogP contribution < -0.4 is 0 Å². The van der Waals surface area contributed by atoms with Crippen LogP contribution in [0.5, 0.6) is 0 Å². The van der Waals surface area contributed by atoms with Crippen LogP contribution in [0, 0.1) is 10.1 Å². The fourth-order valence-electron chi connectivity index (χ4n) is 0.911. The lowest BCUT2D eigenvalue weighted by molar-refractivity contribution is -0.390. The average molecular weight is 204 g/mol. The molecule has 0 aliphatic heterocycles. The van der Waals surface area contributed by atoms with Crippen LogP contribution in [0.1, 0.15) is 0 Å². The topological polar surface area (TPSA) is 60.4 Å². The van der Waals surface area contributed by atoms with Crippen molar-refractivity contribution in [2.45, 2.75) is 0 Å². The van der Waals surface area contributed by atoms with Crippen molar-refractivity contribution in [1.29, 1.82) is 0 Å². The summed E-state index contributed by atoms with van der Waals surface area (Å²) in [6.07, 6.45) is 1.57. The summed E-state index contributed by atoms with van der Waals surface area (Å²) in [5, 5.41) is 12.1. The second-order valence-corrected chi connectivity index (χ2v) is 3.27. The molecule has 0 spiro atoms. The van der Waals surface area contributed by atoms with E-state index in [1.165, 1.54) is 15.7 Å². The fraction of sp³-hybridized carbons (Fsp3) is 0. The molecule has 0 aliphatic rings. The molecule has 0 unspecified atom stereocenters. The van der Waals surface area contributed by atoms with Crippen molar-refractivity contribution in [3.05, 3.63) is 26.8 Å². The van der Waals surface area contributed by atoms with Gasteiger partial charge in [0, 0.05) is 5.38 Å². The Morgan fingerprint density at radius 3 is 3.17 bits per heavy atom. The summed E-state index contributed by atoms with van der Waals surface area (Å²) < 4.78 is 1.35. The number of nitro groups is 1. The molecule has 2 heterocycles. The van der Waals surface area contributed by atoms with E-state index in [-0.39, 0.29) is 11.0 Å². The molecule has 0 aliphatic carbocycles. The lowest BCUT2D eigenvalue weighted by Crippen LogP contribution is -1.91. The quantitative estimate of drug-likeness (QED) is 0.526. The molecule has 0 amide bonds. The molecule has 62 valence electrons. The van der Waals surface area contributed by atoms with Crippen LogP contribution in [0.3, 0.4) is 0 Å². The summed E-state index contributed by atoms with van der Waals surface area (Å²) in [5.41, 5.74) is 0. The van der Waals surface area contributed by atoms with Gasteiger partial charge in [-0.25, -0.2) is 0 Å². The zero-order valence-corrected chi connectivity index (χ0v) is 7.17. The molecular formula is C5H2ClN3O2S. The Hall–Kier alpha value is -1.14. The Bertz CT molecular complexity index is 448. The summed E-state index contributed by atoms with van der Waals surface area (Å²) in [5.74, 6) is -0.173. The predicted octanol–water partition coefficient (Wildman–Crippen LogP) is 1.96. The van der Waals surface area contributed by atoms with Gasteiger partial charge in [0.05, 0.1) is 0 Å². The maximum Gasteiger partial charge on any atom is 0.367 e. The van der Waals surface area contributed by atoms with Crippen molar-refractivity contribution in [1.82, 2.24) is 9.38 Å². The normalized spacial score (nSPS) is 10.8. The number of imidazole rings is 1. The average Bonchev–Trinajstić information content (AvgIpc) is 2.44. The smallest absolute Gasteiger partial charge is 0.358 e. The zero-order valence-electron chi connectivity index (χ0n) is 5.60. The first-order valence-electron chi connectivity index (χ1n) is 2.95. The highest BCUT2D eigenvalue weighted by Crippen LogP contribution is 2.27. The minimum Gasteiger partial charge on any atom is -0.358 e. The largest absolute Gasteiger partial charge is 0.367 e. The first-order chi connectivity index (χ1) is 5.70. The van der Waals surface area contributed by atoms with Gasteiger partial charge in [0.2, 0.25) is 5.15 Å². The maximum absolute atomic E-state index is 10.5. The summed E-state index contributed by atoms with van der Waals surface area (Å²) in [6.45, 7) is 0. The van der Waals surface area contributed by atoms with Crippen LogP contribution in [0.15, 0.2) is 11.6 Å². The Labute approximate surface area is 75.4 Å². The van der Waals surface area contributed by atoms with Gasteiger partial charge in [-0.15, -0.1) is 0 Å². The van der Waals surface area contributed by atoms with Gasteiger partial charge in [-0.05, 0) is 4.92 Å². The van der Waals surface area contributed by atoms with Crippen molar-refractivity contribution in [3.8, 4) is 0 Å². The van der Waals surface area contributed by atoms with E-state index in [0.29, 0.717) is 4.96 Å². The molecule has 0 bridgehead atoms. The number of thiazole rings is 1. The summed E-state index contributed by atoms with van der Waals surface area (Å²) in [7, 11) is 0. The second kappa shape index (κ2) is 2.43. The monoisotopic (exact) mass is 203 g/mol. The third-order valence-corrected chi connectivity index (χ3v) is 2.38. The van der Waals surface area contributed by atoms with E-state index in [2.05, 4.69) is 4.98 Å². The first kappa shape index (κ1) is 7.51. The van der Waals surface area contributed by atoms with Gasteiger partial charge in [-0.1, -0.05) is 22.9 Å². The molecular weight excluding hydrogens is 202 g/mol. The molecule has 2 rings (SSSR count). The molecule has 2 aromatic rings. The third-order valence-electron chi connectivity index (χ3n) is 1.37. The maximum atomic E-state index is 10.5. The lowest BCUT2D eigenvalue weighted by atomic mass is 10.7. The summed E-state index contributed by atoms with van der Waals surface area (Å²) in [6, 6.07) is 0. The van der Waals surface area contributed by atoms with Crippen molar-refractivity contribution in [2.24, 2.45) is 0 Å². The first-order valence-corrected chi connectivity index (χ1v) is 4.21. The van der Waals surface area contributed by atoms with Gasteiger partial charge >= 0.3 is 5.82 Å². The number of hydrogen-bond donors (Lipinski definition) is 0. The highest BCUT2D eigenvalue weighted by molar-refractivity contribution is 7.15. The Morgan fingerprint density at radius 2 is 2.50 bits per heavy atom. The Balaban J connectivity index is 2.84. The van der Waals surface area contributed by atoms with Gasteiger partial charge in [0.1, 0.15) is 6.20 Å².